The maximum atomic E-state index is 13.3. The zero-order valence-corrected chi connectivity index (χ0v) is 28.1. The predicted octanol–water partition coefficient (Wildman–Crippen LogP) is 5.00. The van der Waals surface area contributed by atoms with Gasteiger partial charge in [0.15, 0.2) is 5.25 Å². The monoisotopic (exact) mass is 684 g/mol. The van der Waals surface area contributed by atoms with Gasteiger partial charge in [-0.3, -0.25) is 18.8 Å². The molecule has 1 aromatic heterocycles. The summed E-state index contributed by atoms with van der Waals surface area (Å²) in [6.45, 7) is 0.769. The molecule has 244 valence electrons. The lowest BCUT2D eigenvalue weighted by Gasteiger charge is -2.14. The number of hydrogen-bond acceptors (Lipinski definition) is 8. The van der Waals surface area contributed by atoms with E-state index in [1.807, 2.05) is 60.7 Å². The number of aromatic nitrogens is 1. The van der Waals surface area contributed by atoms with Crippen LogP contribution in [0.15, 0.2) is 72.8 Å². The Hall–Kier alpha value is -3.65. The summed E-state index contributed by atoms with van der Waals surface area (Å²) >= 11 is 1.31. The van der Waals surface area contributed by atoms with Crippen molar-refractivity contribution in [1.29, 1.82) is 0 Å². The molecular formula is C33H37FN4O5S3. The molecule has 0 radical (unpaired) electrons. The van der Waals surface area contributed by atoms with Crippen molar-refractivity contribution >= 4 is 59.9 Å². The number of thiazole rings is 1. The minimum absolute atomic E-state index is 0.124. The second kappa shape index (κ2) is 17.9. The summed E-state index contributed by atoms with van der Waals surface area (Å²) in [6, 6.07) is 23.4. The van der Waals surface area contributed by atoms with Crippen LogP contribution in [0.1, 0.15) is 39.0 Å². The highest BCUT2D eigenvalue weighted by Gasteiger charge is 2.32. The molecule has 3 aromatic carbocycles. The highest BCUT2D eigenvalue weighted by molar-refractivity contribution is 8.69. The van der Waals surface area contributed by atoms with Crippen LogP contribution in [-0.2, 0) is 30.6 Å². The molecular weight excluding hydrogens is 648 g/mol. The van der Waals surface area contributed by atoms with E-state index in [2.05, 4.69) is 20.9 Å². The molecule has 0 saturated heterocycles. The number of methoxy groups -OCH3 is 1. The van der Waals surface area contributed by atoms with Gasteiger partial charge in [-0.25, -0.2) is 9.19 Å². The van der Waals surface area contributed by atoms with Gasteiger partial charge in [0.25, 0.3) is 5.91 Å². The van der Waals surface area contributed by atoms with Crippen molar-refractivity contribution in [1.82, 2.24) is 20.9 Å². The van der Waals surface area contributed by atoms with Gasteiger partial charge in [-0.1, -0.05) is 59.3 Å². The van der Waals surface area contributed by atoms with Gasteiger partial charge < -0.3 is 20.7 Å². The van der Waals surface area contributed by atoms with E-state index in [0.717, 1.165) is 45.9 Å². The van der Waals surface area contributed by atoms with Gasteiger partial charge in [0, 0.05) is 31.0 Å². The summed E-state index contributed by atoms with van der Waals surface area (Å²) < 4.78 is 28.7. The average molecular weight is 685 g/mol. The molecule has 1 aliphatic carbocycles. The third-order valence-corrected chi connectivity index (χ3v) is 11.3. The minimum Gasteiger partial charge on any atom is -0.384 e. The normalized spacial score (nSPS) is 13.6. The minimum atomic E-state index is -1.64. The van der Waals surface area contributed by atoms with E-state index in [9.17, 15) is 23.0 Å². The van der Waals surface area contributed by atoms with Crippen LogP contribution in [0.5, 0.6) is 0 Å². The van der Waals surface area contributed by atoms with Crippen LogP contribution in [0.4, 0.5) is 4.39 Å². The Morgan fingerprint density at radius 3 is 2.43 bits per heavy atom. The summed E-state index contributed by atoms with van der Waals surface area (Å²) in [5.74, 6) is -0.440. The molecule has 1 aliphatic rings. The van der Waals surface area contributed by atoms with Gasteiger partial charge in [0.1, 0.15) is 14.8 Å². The summed E-state index contributed by atoms with van der Waals surface area (Å²) in [6.07, 6.45) is 2.66. The number of fused-ring (bicyclic) bond motifs is 1. The molecule has 3 amide bonds. The summed E-state index contributed by atoms with van der Waals surface area (Å²) in [7, 11) is 1.55. The third kappa shape index (κ3) is 10.2. The van der Waals surface area contributed by atoms with Crippen molar-refractivity contribution in [2.24, 2.45) is 0 Å². The first kappa shape index (κ1) is 35.2. The summed E-state index contributed by atoms with van der Waals surface area (Å²) in [4.78, 5) is 42.7. The molecule has 1 heterocycles. The molecule has 4 aromatic rings. The van der Waals surface area contributed by atoms with Crippen LogP contribution in [0.3, 0.4) is 0 Å². The Kier molecular flexibility index (Phi) is 13.7. The number of ether oxygens (including phenoxy) is 1. The van der Waals surface area contributed by atoms with Crippen LogP contribution >= 0.6 is 22.1 Å². The van der Waals surface area contributed by atoms with E-state index >= 15 is 0 Å². The molecule has 3 N–H and O–H groups in total. The number of rotatable bonds is 15. The smallest absolute Gasteiger partial charge is 0.251 e. The number of carbonyl (C=O) groups is 3. The molecule has 46 heavy (non-hydrogen) atoms. The van der Waals surface area contributed by atoms with Crippen LogP contribution in [0.2, 0.25) is 0 Å². The topological polar surface area (TPSA) is 126 Å². The second-order valence-corrected chi connectivity index (χ2v) is 14.7. The Bertz CT molecular complexity index is 1630. The summed E-state index contributed by atoms with van der Waals surface area (Å²) in [5, 5.41) is 7.84. The van der Waals surface area contributed by atoms with E-state index < -0.39 is 21.0 Å². The Balaban J connectivity index is 0.00000235. The van der Waals surface area contributed by atoms with Crippen molar-refractivity contribution in [3.63, 3.8) is 0 Å². The van der Waals surface area contributed by atoms with Crippen LogP contribution in [0, 0.1) is 0 Å². The van der Waals surface area contributed by atoms with Gasteiger partial charge in [-0.15, -0.1) is 11.3 Å². The van der Waals surface area contributed by atoms with Crippen molar-refractivity contribution in [3.05, 3.63) is 88.9 Å². The zero-order chi connectivity index (χ0) is 32.9. The Labute approximate surface area is 278 Å². The lowest BCUT2D eigenvalue weighted by Crippen LogP contribution is -2.40. The lowest BCUT2D eigenvalue weighted by molar-refractivity contribution is -0.126. The van der Waals surface area contributed by atoms with E-state index in [4.69, 9.17) is 4.74 Å². The molecule has 0 bridgehead atoms. The van der Waals surface area contributed by atoms with Crippen LogP contribution in [0.25, 0.3) is 21.3 Å². The molecule has 1 saturated carbocycles. The number of benzene rings is 3. The van der Waals surface area contributed by atoms with E-state index in [-0.39, 0.29) is 24.4 Å². The first-order valence-electron chi connectivity index (χ1n) is 14.7. The number of amides is 3. The number of halogens is 1. The fourth-order valence-corrected chi connectivity index (χ4v) is 8.66. The molecule has 0 aliphatic heterocycles. The maximum absolute atomic E-state index is 13.3. The van der Waals surface area contributed by atoms with Gasteiger partial charge in [-0.2, -0.15) is 0 Å². The van der Waals surface area contributed by atoms with Crippen LogP contribution < -0.4 is 16.0 Å². The molecule has 2 atom stereocenters. The van der Waals surface area contributed by atoms with Crippen molar-refractivity contribution in [3.8, 4) is 11.1 Å². The zero-order valence-electron chi connectivity index (χ0n) is 25.6. The molecule has 0 spiro atoms. The maximum Gasteiger partial charge on any atom is 0.251 e. The number of alkyl halides is 1. The number of carbonyl (C=O) groups excluding carboxylic acids is 3. The standard InChI is InChI=1S/C32H34N4O5S3.CH3F/c1-41-17-18-42-44(40)29(31(39)34-20-28(37)35-25-12-13-25)32-36-26-14-11-24(19-27(26)43-32)22-7-9-23(10-8-22)30(38)33-16-15-21-5-3-2-4-6-21;1-2/h2-11,14,19,25,29H,12-13,15-18,20H2,1H3,(H,33,38)(H,34,39)(H,35,37);1H3. The Morgan fingerprint density at radius 1 is 1.02 bits per heavy atom. The van der Waals surface area contributed by atoms with Gasteiger partial charge >= 0.3 is 0 Å². The largest absolute Gasteiger partial charge is 0.384 e. The van der Waals surface area contributed by atoms with Gasteiger partial charge in [0.2, 0.25) is 11.8 Å². The fraction of sp³-hybridized carbons (Fsp3) is 0.333. The first-order chi connectivity index (χ1) is 22.4. The molecule has 2 unspecified atom stereocenters. The van der Waals surface area contributed by atoms with Crippen molar-refractivity contribution < 1.29 is 27.7 Å². The highest BCUT2D eigenvalue weighted by atomic mass is 33.1. The molecule has 13 heteroatoms. The SMILES string of the molecule is CF.COCCSS(=O)C(C(=O)NCC(=O)NC1CC1)c1nc2ccc(-c3ccc(C(=O)NCCc4ccccc4)cc3)cc2s1. The van der Waals surface area contributed by atoms with E-state index in [1.165, 1.54) is 16.9 Å². The Morgan fingerprint density at radius 2 is 1.74 bits per heavy atom. The van der Waals surface area contributed by atoms with Crippen LogP contribution in [-0.4, -0.2) is 72.7 Å². The van der Waals surface area contributed by atoms with Crippen molar-refractivity contribution in [2.45, 2.75) is 30.6 Å². The van der Waals surface area contributed by atoms with Crippen molar-refractivity contribution in [2.75, 3.05) is 39.7 Å². The predicted molar refractivity (Wildman–Crippen MR) is 184 cm³/mol. The average Bonchev–Trinajstić information content (AvgIpc) is 3.80. The lowest BCUT2D eigenvalue weighted by atomic mass is 10.0. The number of nitrogens with one attached hydrogen (secondary N) is 3. The molecule has 1 fully saturated rings. The highest BCUT2D eigenvalue weighted by Crippen LogP contribution is 2.35. The van der Waals surface area contributed by atoms with E-state index in [1.54, 1.807) is 19.2 Å². The molecule has 9 nitrogen and oxygen atoms in total. The van der Waals surface area contributed by atoms with Gasteiger partial charge in [-0.05, 0) is 60.2 Å². The first-order valence-corrected chi connectivity index (χ1v) is 18.2. The third-order valence-electron chi connectivity index (χ3n) is 6.93. The summed E-state index contributed by atoms with van der Waals surface area (Å²) in [5.41, 5.74) is 4.29. The van der Waals surface area contributed by atoms with Gasteiger partial charge in [0.05, 0.1) is 30.5 Å². The number of nitrogens with zero attached hydrogens (tertiary/aromatic N) is 1. The fourth-order valence-electron chi connectivity index (χ4n) is 4.43. The quantitative estimate of drug-likeness (QED) is 0.119. The second-order valence-electron chi connectivity index (χ2n) is 10.3. The molecule has 5 rings (SSSR count). The van der Waals surface area contributed by atoms with E-state index in [0.29, 0.717) is 42.2 Å². The number of hydrogen-bond donors (Lipinski definition) is 3.